The van der Waals surface area contributed by atoms with E-state index < -0.39 is 0 Å². The number of nitrogens with one attached hydrogen (secondary N) is 2. The van der Waals surface area contributed by atoms with E-state index in [1.54, 1.807) is 54.9 Å². The highest BCUT2D eigenvalue weighted by Gasteiger charge is 2.08. The molecule has 3 aromatic carbocycles. The summed E-state index contributed by atoms with van der Waals surface area (Å²) in [4.78, 5) is 21.3. The fourth-order valence-corrected chi connectivity index (χ4v) is 3.19. The second-order valence-corrected chi connectivity index (χ2v) is 7.27. The van der Waals surface area contributed by atoms with E-state index >= 15 is 0 Å². The van der Waals surface area contributed by atoms with Crippen molar-refractivity contribution < 1.29 is 4.79 Å². The monoisotopic (exact) mass is 414 g/mol. The Balaban J connectivity index is 1.47. The molecule has 0 unspecified atom stereocenters. The second-order valence-electron chi connectivity index (χ2n) is 6.84. The SMILES string of the molecule is Cc1cccc(-c2cnc(Nc3cccc(C(=O)Nc4cccc(Cl)c4)c3)nc2)c1. The van der Waals surface area contributed by atoms with E-state index in [9.17, 15) is 4.79 Å². The molecular weight excluding hydrogens is 396 g/mol. The first-order chi connectivity index (χ1) is 14.6. The van der Waals surface area contributed by atoms with Gasteiger partial charge in [-0.15, -0.1) is 0 Å². The first kappa shape index (κ1) is 19.6. The van der Waals surface area contributed by atoms with Gasteiger partial charge in [-0.25, -0.2) is 9.97 Å². The van der Waals surface area contributed by atoms with E-state index in [2.05, 4.69) is 39.7 Å². The normalized spacial score (nSPS) is 10.5. The lowest BCUT2D eigenvalue weighted by atomic mass is 10.1. The summed E-state index contributed by atoms with van der Waals surface area (Å²) < 4.78 is 0. The van der Waals surface area contributed by atoms with Gasteiger partial charge in [-0.2, -0.15) is 0 Å². The summed E-state index contributed by atoms with van der Waals surface area (Å²) in [5.41, 5.74) is 5.07. The van der Waals surface area contributed by atoms with E-state index in [0.29, 0.717) is 22.2 Å². The van der Waals surface area contributed by atoms with Gasteiger partial charge in [-0.3, -0.25) is 4.79 Å². The van der Waals surface area contributed by atoms with Crippen LogP contribution in [0.3, 0.4) is 0 Å². The molecule has 4 aromatic rings. The van der Waals surface area contributed by atoms with Crippen LogP contribution in [0, 0.1) is 6.92 Å². The first-order valence-corrected chi connectivity index (χ1v) is 9.78. The number of anilines is 3. The summed E-state index contributed by atoms with van der Waals surface area (Å²) >= 11 is 5.97. The van der Waals surface area contributed by atoms with Crippen molar-refractivity contribution in [3.05, 3.63) is 101 Å². The van der Waals surface area contributed by atoms with Crippen LogP contribution in [0.15, 0.2) is 85.2 Å². The van der Waals surface area contributed by atoms with Crippen molar-refractivity contribution in [2.24, 2.45) is 0 Å². The molecule has 0 spiro atoms. The van der Waals surface area contributed by atoms with Gasteiger partial charge in [0.2, 0.25) is 5.95 Å². The number of nitrogens with zero attached hydrogens (tertiary/aromatic N) is 2. The maximum absolute atomic E-state index is 12.5. The summed E-state index contributed by atoms with van der Waals surface area (Å²) in [6.45, 7) is 2.05. The van der Waals surface area contributed by atoms with Crippen LogP contribution in [0.2, 0.25) is 5.02 Å². The third-order valence-corrected chi connectivity index (χ3v) is 4.70. The molecule has 0 radical (unpaired) electrons. The van der Waals surface area contributed by atoms with Crippen molar-refractivity contribution in [2.45, 2.75) is 6.92 Å². The minimum absolute atomic E-state index is 0.225. The molecule has 2 N–H and O–H groups in total. The first-order valence-electron chi connectivity index (χ1n) is 9.40. The Morgan fingerprint density at radius 1 is 0.833 bits per heavy atom. The number of aromatic nitrogens is 2. The number of carbonyl (C=O) groups excluding carboxylic acids is 1. The standard InChI is InChI=1S/C24H19ClN4O/c1-16-5-2-6-17(11-16)19-14-26-24(27-15-19)29-21-9-3-7-18(12-21)23(30)28-22-10-4-8-20(25)13-22/h2-15H,1H3,(H,28,30)(H,26,27,29). The second kappa shape index (κ2) is 8.76. The molecule has 148 valence electrons. The van der Waals surface area contributed by atoms with E-state index in [0.717, 1.165) is 16.8 Å². The van der Waals surface area contributed by atoms with Crippen molar-refractivity contribution in [2.75, 3.05) is 10.6 Å². The summed E-state index contributed by atoms with van der Waals surface area (Å²) in [5, 5.41) is 6.54. The number of hydrogen-bond acceptors (Lipinski definition) is 4. The van der Waals surface area contributed by atoms with Crippen LogP contribution in [0.5, 0.6) is 0 Å². The molecule has 0 aliphatic carbocycles. The predicted octanol–water partition coefficient (Wildman–Crippen LogP) is 6.10. The zero-order valence-corrected chi connectivity index (χ0v) is 17.0. The molecule has 1 heterocycles. The van der Waals surface area contributed by atoms with Crippen LogP contribution >= 0.6 is 11.6 Å². The van der Waals surface area contributed by atoms with Gasteiger partial charge in [0, 0.05) is 39.9 Å². The van der Waals surface area contributed by atoms with E-state index in [-0.39, 0.29) is 5.91 Å². The summed E-state index contributed by atoms with van der Waals surface area (Å²) in [6.07, 6.45) is 3.56. The summed E-state index contributed by atoms with van der Waals surface area (Å²) in [7, 11) is 0. The van der Waals surface area contributed by atoms with Crippen LogP contribution in [0.25, 0.3) is 11.1 Å². The van der Waals surface area contributed by atoms with Crippen LogP contribution in [-0.2, 0) is 0 Å². The number of benzene rings is 3. The molecule has 0 saturated carbocycles. The van der Waals surface area contributed by atoms with E-state index in [1.807, 2.05) is 18.2 Å². The van der Waals surface area contributed by atoms with Crippen LogP contribution in [0.1, 0.15) is 15.9 Å². The number of halogens is 1. The van der Waals surface area contributed by atoms with E-state index in [4.69, 9.17) is 11.6 Å². The average molecular weight is 415 g/mol. The van der Waals surface area contributed by atoms with Gasteiger partial charge in [0.25, 0.3) is 5.91 Å². The van der Waals surface area contributed by atoms with Gasteiger partial charge >= 0.3 is 0 Å². The Bertz CT molecular complexity index is 1190. The predicted molar refractivity (Wildman–Crippen MR) is 121 cm³/mol. The third-order valence-electron chi connectivity index (χ3n) is 4.47. The van der Waals surface area contributed by atoms with Crippen LogP contribution in [-0.4, -0.2) is 15.9 Å². The Morgan fingerprint density at radius 2 is 1.57 bits per heavy atom. The number of amides is 1. The summed E-state index contributed by atoms with van der Waals surface area (Å²) in [6, 6.07) is 22.4. The minimum Gasteiger partial charge on any atom is -0.324 e. The molecule has 5 nitrogen and oxygen atoms in total. The quantitative estimate of drug-likeness (QED) is 0.414. The third kappa shape index (κ3) is 4.82. The molecule has 0 aliphatic heterocycles. The van der Waals surface area contributed by atoms with Gasteiger partial charge in [0.1, 0.15) is 0 Å². The van der Waals surface area contributed by atoms with Gasteiger partial charge in [0.05, 0.1) is 0 Å². The Morgan fingerprint density at radius 3 is 2.33 bits per heavy atom. The van der Waals surface area contributed by atoms with Gasteiger partial charge in [0.15, 0.2) is 0 Å². The fraction of sp³-hybridized carbons (Fsp3) is 0.0417. The maximum Gasteiger partial charge on any atom is 0.255 e. The lowest BCUT2D eigenvalue weighted by molar-refractivity contribution is 0.102. The van der Waals surface area contributed by atoms with Crippen molar-refractivity contribution in [3.63, 3.8) is 0 Å². The average Bonchev–Trinajstić information content (AvgIpc) is 2.74. The molecule has 0 atom stereocenters. The molecule has 1 aromatic heterocycles. The summed E-state index contributed by atoms with van der Waals surface area (Å²) in [5.74, 6) is 0.232. The molecule has 0 saturated heterocycles. The number of hydrogen-bond donors (Lipinski definition) is 2. The molecule has 4 rings (SSSR count). The zero-order chi connectivity index (χ0) is 20.9. The topological polar surface area (TPSA) is 66.9 Å². The number of carbonyl (C=O) groups is 1. The number of rotatable bonds is 5. The van der Waals surface area contributed by atoms with Crippen molar-refractivity contribution in [1.29, 1.82) is 0 Å². The minimum atomic E-state index is -0.225. The maximum atomic E-state index is 12.5. The van der Waals surface area contributed by atoms with Gasteiger partial charge < -0.3 is 10.6 Å². The Labute approximate surface area is 179 Å². The van der Waals surface area contributed by atoms with Crippen molar-refractivity contribution in [1.82, 2.24) is 9.97 Å². The highest BCUT2D eigenvalue weighted by molar-refractivity contribution is 6.31. The highest BCUT2D eigenvalue weighted by Crippen LogP contribution is 2.21. The van der Waals surface area contributed by atoms with Gasteiger partial charge in [-0.05, 0) is 48.9 Å². The molecule has 0 aliphatic rings. The fourth-order valence-electron chi connectivity index (χ4n) is 3.00. The number of aryl methyl sites for hydroxylation is 1. The smallest absolute Gasteiger partial charge is 0.255 e. The Kier molecular flexibility index (Phi) is 5.72. The van der Waals surface area contributed by atoms with Crippen LogP contribution < -0.4 is 10.6 Å². The van der Waals surface area contributed by atoms with E-state index in [1.165, 1.54) is 5.56 Å². The lowest BCUT2D eigenvalue weighted by Crippen LogP contribution is -2.12. The Hall–Kier alpha value is -3.70. The van der Waals surface area contributed by atoms with Crippen molar-refractivity contribution in [3.8, 4) is 11.1 Å². The molecule has 1 amide bonds. The highest BCUT2D eigenvalue weighted by atomic mass is 35.5. The lowest BCUT2D eigenvalue weighted by Gasteiger charge is -2.09. The van der Waals surface area contributed by atoms with Gasteiger partial charge in [-0.1, -0.05) is 53.6 Å². The van der Waals surface area contributed by atoms with Crippen molar-refractivity contribution >= 4 is 34.8 Å². The van der Waals surface area contributed by atoms with Crippen LogP contribution in [0.4, 0.5) is 17.3 Å². The molecular formula is C24H19ClN4O. The largest absolute Gasteiger partial charge is 0.324 e. The molecule has 6 heteroatoms. The molecule has 30 heavy (non-hydrogen) atoms. The molecule has 0 fully saturated rings. The zero-order valence-electron chi connectivity index (χ0n) is 16.3. The molecule has 0 bridgehead atoms.